The highest BCUT2D eigenvalue weighted by Crippen LogP contribution is 2.29. The topological polar surface area (TPSA) is 115 Å². The van der Waals surface area contributed by atoms with Crippen molar-refractivity contribution in [2.75, 3.05) is 44.0 Å². The van der Waals surface area contributed by atoms with Gasteiger partial charge in [0, 0.05) is 20.2 Å². The van der Waals surface area contributed by atoms with Crippen molar-refractivity contribution in [2.45, 2.75) is 0 Å². The highest BCUT2D eigenvalue weighted by molar-refractivity contribution is 7.11. The van der Waals surface area contributed by atoms with Crippen LogP contribution in [0.1, 0.15) is 10.4 Å². The summed E-state index contributed by atoms with van der Waals surface area (Å²) in [6.07, 6.45) is 0. The van der Waals surface area contributed by atoms with E-state index < -0.39 is 5.91 Å². The van der Waals surface area contributed by atoms with Gasteiger partial charge in [0.05, 0.1) is 13.2 Å². The van der Waals surface area contributed by atoms with Crippen LogP contribution >= 0.6 is 11.5 Å². The summed E-state index contributed by atoms with van der Waals surface area (Å²) in [5.41, 5.74) is 11.0. The van der Waals surface area contributed by atoms with Gasteiger partial charge in [0.15, 0.2) is 5.82 Å². The van der Waals surface area contributed by atoms with Gasteiger partial charge in [-0.3, -0.25) is 4.79 Å². The van der Waals surface area contributed by atoms with Crippen LogP contribution in [0.4, 0.5) is 10.8 Å². The zero-order chi connectivity index (χ0) is 12.8. The Morgan fingerprint density at radius 3 is 2.82 bits per heavy atom. The number of nitrogen functional groups attached to an aromatic ring is 1. The number of ether oxygens (including phenoxy) is 1. The van der Waals surface area contributed by atoms with Crippen LogP contribution < -0.4 is 16.4 Å². The summed E-state index contributed by atoms with van der Waals surface area (Å²) in [6, 6.07) is 0. The van der Waals surface area contributed by atoms with Gasteiger partial charge in [-0.2, -0.15) is 4.37 Å². The first-order chi connectivity index (χ1) is 8.11. The molecule has 0 fully saturated rings. The average molecular weight is 260 g/mol. The second kappa shape index (κ2) is 6.38. The summed E-state index contributed by atoms with van der Waals surface area (Å²) < 4.78 is 8.86. The van der Waals surface area contributed by atoms with Gasteiger partial charge < -0.3 is 26.2 Å². The molecule has 0 aliphatic heterocycles. The maximum Gasteiger partial charge on any atom is 0.255 e. The van der Waals surface area contributed by atoms with Gasteiger partial charge in [-0.1, -0.05) is 0 Å². The van der Waals surface area contributed by atoms with Crippen molar-refractivity contribution < 1.29 is 14.6 Å². The number of anilines is 2. The van der Waals surface area contributed by atoms with E-state index >= 15 is 0 Å². The van der Waals surface area contributed by atoms with Gasteiger partial charge in [-0.05, 0) is 11.5 Å². The predicted molar refractivity (Wildman–Crippen MR) is 66.2 cm³/mol. The van der Waals surface area contributed by atoms with E-state index in [1.54, 1.807) is 12.0 Å². The Balaban J connectivity index is 2.96. The summed E-state index contributed by atoms with van der Waals surface area (Å²) in [5.74, 6) is -0.496. The zero-order valence-corrected chi connectivity index (χ0v) is 10.4. The van der Waals surface area contributed by atoms with Crippen LogP contribution in [0.3, 0.4) is 0 Å². The molecule has 8 heteroatoms. The first-order valence-corrected chi connectivity index (χ1v) is 5.78. The minimum Gasteiger partial charge on any atom is -0.395 e. The molecule has 0 spiro atoms. The van der Waals surface area contributed by atoms with Crippen molar-refractivity contribution in [3.63, 3.8) is 0 Å². The number of methoxy groups -OCH3 is 1. The summed E-state index contributed by atoms with van der Waals surface area (Å²) >= 11 is 1.09. The van der Waals surface area contributed by atoms with E-state index in [1.807, 2.05) is 0 Å². The van der Waals surface area contributed by atoms with Gasteiger partial charge in [0.25, 0.3) is 5.91 Å². The van der Waals surface area contributed by atoms with Crippen LogP contribution in [0, 0.1) is 0 Å². The van der Waals surface area contributed by atoms with Crippen LogP contribution in [-0.2, 0) is 4.74 Å². The quantitative estimate of drug-likeness (QED) is 0.595. The number of rotatable bonds is 7. The number of carbonyl (C=O) groups excluding carboxylic acids is 1. The van der Waals surface area contributed by atoms with E-state index in [2.05, 4.69) is 4.37 Å². The average Bonchev–Trinajstić information content (AvgIpc) is 2.66. The molecule has 1 aromatic heterocycles. The molecular formula is C9H16N4O3S. The fraction of sp³-hybridized carbons (Fsp3) is 0.556. The second-order valence-corrected chi connectivity index (χ2v) is 4.07. The summed E-state index contributed by atoms with van der Waals surface area (Å²) in [5, 5.41) is 9.56. The lowest BCUT2D eigenvalue weighted by atomic mass is 10.3. The smallest absolute Gasteiger partial charge is 0.255 e. The van der Waals surface area contributed by atoms with E-state index in [-0.39, 0.29) is 18.0 Å². The number of hydrogen-bond acceptors (Lipinski definition) is 7. The Morgan fingerprint density at radius 2 is 2.29 bits per heavy atom. The Morgan fingerprint density at radius 1 is 1.59 bits per heavy atom. The van der Waals surface area contributed by atoms with Gasteiger partial charge >= 0.3 is 0 Å². The van der Waals surface area contributed by atoms with E-state index in [4.69, 9.17) is 21.3 Å². The number of aliphatic hydroxyl groups is 1. The molecule has 17 heavy (non-hydrogen) atoms. The summed E-state index contributed by atoms with van der Waals surface area (Å²) in [4.78, 5) is 13.1. The number of hydrogen-bond donors (Lipinski definition) is 3. The molecule has 1 rings (SSSR count). The van der Waals surface area contributed by atoms with Crippen molar-refractivity contribution >= 4 is 28.3 Å². The Bertz CT molecular complexity index is 382. The zero-order valence-electron chi connectivity index (χ0n) is 9.55. The maximum atomic E-state index is 11.3. The van der Waals surface area contributed by atoms with Crippen molar-refractivity contribution in [3.05, 3.63) is 5.56 Å². The first-order valence-electron chi connectivity index (χ1n) is 5.01. The molecule has 1 aromatic rings. The maximum absolute atomic E-state index is 11.3. The fourth-order valence-electron chi connectivity index (χ4n) is 1.38. The number of primary amides is 1. The van der Waals surface area contributed by atoms with Gasteiger partial charge in [-0.15, -0.1) is 0 Å². The van der Waals surface area contributed by atoms with Crippen LogP contribution in [0.5, 0.6) is 0 Å². The lowest BCUT2D eigenvalue weighted by Gasteiger charge is -2.22. The lowest BCUT2D eigenvalue weighted by molar-refractivity contribution is 0.100. The molecule has 7 nitrogen and oxygen atoms in total. The van der Waals surface area contributed by atoms with Crippen LogP contribution in [0.2, 0.25) is 0 Å². The van der Waals surface area contributed by atoms with Crippen LogP contribution in [0.15, 0.2) is 0 Å². The molecule has 0 aromatic carbocycles. The van der Waals surface area contributed by atoms with Crippen molar-refractivity contribution in [3.8, 4) is 0 Å². The van der Waals surface area contributed by atoms with Gasteiger partial charge in [-0.25, -0.2) is 0 Å². The highest BCUT2D eigenvalue weighted by Gasteiger charge is 2.21. The van der Waals surface area contributed by atoms with Crippen LogP contribution in [-0.4, -0.2) is 48.8 Å². The van der Waals surface area contributed by atoms with Crippen molar-refractivity contribution in [1.82, 2.24) is 4.37 Å². The molecule has 5 N–H and O–H groups in total. The summed E-state index contributed by atoms with van der Waals surface area (Å²) in [7, 11) is 1.58. The third kappa shape index (κ3) is 3.29. The minimum atomic E-state index is -0.619. The SMILES string of the molecule is COCCN(CCO)c1snc(N)c1C(N)=O. The van der Waals surface area contributed by atoms with E-state index in [9.17, 15) is 4.79 Å². The Kier molecular flexibility index (Phi) is 5.13. The molecule has 96 valence electrons. The molecule has 0 aliphatic carbocycles. The van der Waals surface area contributed by atoms with Crippen molar-refractivity contribution in [1.29, 1.82) is 0 Å². The van der Waals surface area contributed by atoms with E-state index in [1.165, 1.54) is 0 Å². The number of amides is 1. The number of carbonyl (C=O) groups is 1. The third-order valence-corrected chi connectivity index (χ3v) is 3.09. The normalized spacial score (nSPS) is 10.5. The second-order valence-electron chi connectivity index (χ2n) is 3.32. The lowest BCUT2D eigenvalue weighted by Crippen LogP contribution is -2.31. The molecule has 0 unspecified atom stereocenters. The first kappa shape index (κ1) is 13.7. The number of nitrogens with two attached hydrogens (primary N) is 2. The number of aliphatic hydroxyl groups excluding tert-OH is 1. The van der Waals surface area contributed by atoms with E-state index in [0.29, 0.717) is 24.7 Å². The molecule has 0 atom stereocenters. The molecular weight excluding hydrogens is 244 g/mol. The number of aromatic nitrogens is 1. The van der Waals surface area contributed by atoms with E-state index in [0.717, 1.165) is 11.5 Å². The van der Waals surface area contributed by atoms with Gasteiger partial charge in [0.1, 0.15) is 10.6 Å². The molecule has 0 saturated carbocycles. The van der Waals surface area contributed by atoms with Crippen molar-refractivity contribution in [2.24, 2.45) is 5.73 Å². The monoisotopic (exact) mass is 260 g/mol. The predicted octanol–water partition coefficient (Wildman–Crippen LogP) is -0.731. The Hall–Kier alpha value is -1.38. The summed E-state index contributed by atoms with van der Waals surface area (Å²) in [6.45, 7) is 1.32. The highest BCUT2D eigenvalue weighted by atomic mass is 32.1. The third-order valence-electron chi connectivity index (χ3n) is 2.17. The molecule has 0 aliphatic rings. The standard InChI is InChI=1S/C9H16N4O3S/c1-16-5-3-13(2-4-14)9-6(8(11)15)7(10)12-17-9/h14H,2-5H2,1H3,(H2,10,12)(H2,11,15). The fourth-order valence-corrected chi connectivity index (χ4v) is 2.25. The molecule has 0 radical (unpaired) electrons. The molecule has 0 saturated heterocycles. The Labute approximate surface area is 103 Å². The number of nitrogens with zero attached hydrogens (tertiary/aromatic N) is 2. The molecule has 1 amide bonds. The molecule has 1 heterocycles. The van der Waals surface area contributed by atoms with Gasteiger partial charge in [0.2, 0.25) is 0 Å². The van der Waals surface area contributed by atoms with Crippen LogP contribution in [0.25, 0.3) is 0 Å². The largest absolute Gasteiger partial charge is 0.395 e. The molecule has 0 bridgehead atoms. The minimum absolute atomic E-state index is 0.0419.